The third kappa shape index (κ3) is 1.81. The molecular weight excluding hydrogens is 178 g/mol. The second kappa shape index (κ2) is 3.85. The van der Waals surface area contributed by atoms with E-state index in [0.717, 1.165) is 0 Å². The third-order valence-corrected chi connectivity index (χ3v) is 1.71. The SMILES string of the molecule is CSc1ncc(N=C=O)c(=O)[nH]1. The normalized spacial score (nSPS) is 9.08. The van der Waals surface area contributed by atoms with Gasteiger partial charge < -0.3 is 0 Å². The molecule has 0 atom stereocenters. The summed E-state index contributed by atoms with van der Waals surface area (Å²) in [5.74, 6) is 0. The van der Waals surface area contributed by atoms with Gasteiger partial charge in [-0.2, -0.15) is 4.99 Å². The second-order valence-electron chi connectivity index (χ2n) is 1.81. The summed E-state index contributed by atoms with van der Waals surface area (Å²) >= 11 is 1.30. The lowest BCUT2D eigenvalue weighted by Crippen LogP contribution is -2.06. The molecule has 0 saturated heterocycles. The summed E-state index contributed by atoms with van der Waals surface area (Å²) in [5, 5.41) is 0.491. The largest absolute Gasteiger partial charge is 0.300 e. The predicted molar refractivity (Wildman–Crippen MR) is 44.4 cm³/mol. The number of carbonyl (C=O) groups excluding carboxylic acids is 1. The minimum absolute atomic E-state index is 0.0252. The Hall–Kier alpha value is -1.39. The smallest absolute Gasteiger partial charge is 0.278 e. The van der Waals surface area contributed by atoms with Gasteiger partial charge in [0, 0.05) is 0 Å². The van der Waals surface area contributed by atoms with Crippen molar-refractivity contribution in [3.8, 4) is 0 Å². The van der Waals surface area contributed by atoms with Gasteiger partial charge >= 0.3 is 0 Å². The molecule has 0 bridgehead atoms. The molecule has 0 spiro atoms. The maximum absolute atomic E-state index is 11.0. The van der Waals surface area contributed by atoms with Gasteiger partial charge in [0.25, 0.3) is 5.56 Å². The molecule has 62 valence electrons. The van der Waals surface area contributed by atoms with E-state index in [9.17, 15) is 9.59 Å². The summed E-state index contributed by atoms with van der Waals surface area (Å²) in [4.78, 5) is 30.2. The van der Waals surface area contributed by atoms with Gasteiger partial charge in [-0.3, -0.25) is 9.78 Å². The molecule has 0 saturated carbocycles. The molecule has 1 rings (SSSR count). The molecule has 1 aromatic rings. The number of aromatic nitrogens is 2. The van der Waals surface area contributed by atoms with Crippen molar-refractivity contribution in [2.45, 2.75) is 5.16 Å². The van der Waals surface area contributed by atoms with Crippen molar-refractivity contribution in [1.82, 2.24) is 9.97 Å². The molecule has 0 aliphatic rings. The minimum atomic E-state index is -0.433. The zero-order valence-corrected chi connectivity index (χ0v) is 7.01. The first kappa shape index (κ1) is 8.70. The number of hydrogen-bond acceptors (Lipinski definition) is 5. The van der Waals surface area contributed by atoms with Crippen molar-refractivity contribution >= 4 is 23.5 Å². The van der Waals surface area contributed by atoms with E-state index in [4.69, 9.17) is 0 Å². The number of H-pyrrole nitrogens is 1. The first-order valence-corrected chi connectivity index (χ1v) is 4.21. The van der Waals surface area contributed by atoms with Gasteiger partial charge in [-0.15, -0.1) is 0 Å². The van der Waals surface area contributed by atoms with Crippen LogP contribution in [0.5, 0.6) is 0 Å². The molecule has 1 heterocycles. The maximum atomic E-state index is 11.0. The van der Waals surface area contributed by atoms with Crippen LogP contribution in [-0.4, -0.2) is 22.3 Å². The van der Waals surface area contributed by atoms with Crippen LogP contribution in [-0.2, 0) is 4.79 Å². The molecule has 1 N–H and O–H groups in total. The zero-order chi connectivity index (χ0) is 8.97. The number of rotatable bonds is 2. The molecule has 0 aliphatic heterocycles. The number of aromatic amines is 1. The van der Waals surface area contributed by atoms with Crippen LogP contribution < -0.4 is 5.56 Å². The van der Waals surface area contributed by atoms with Crippen molar-refractivity contribution in [1.29, 1.82) is 0 Å². The fourth-order valence-corrected chi connectivity index (χ4v) is 0.957. The molecule has 0 unspecified atom stereocenters. The van der Waals surface area contributed by atoms with E-state index in [1.165, 1.54) is 24.0 Å². The van der Waals surface area contributed by atoms with Crippen molar-refractivity contribution in [3.63, 3.8) is 0 Å². The summed E-state index contributed by atoms with van der Waals surface area (Å²) < 4.78 is 0. The van der Waals surface area contributed by atoms with Gasteiger partial charge in [-0.1, -0.05) is 11.8 Å². The van der Waals surface area contributed by atoms with E-state index in [1.807, 2.05) is 0 Å². The van der Waals surface area contributed by atoms with Gasteiger partial charge in [0.05, 0.1) is 6.20 Å². The van der Waals surface area contributed by atoms with E-state index in [1.54, 1.807) is 6.26 Å². The Kier molecular flexibility index (Phi) is 2.79. The Labute approximate surface area is 71.9 Å². The topological polar surface area (TPSA) is 75.2 Å². The molecule has 1 aromatic heterocycles. The van der Waals surface area contributed by atoms with Crippen LogP contribution in [0.1, 0.15) is 0 Å². The Morgan fingerprint density at radius 1 is 1.75 bits per heavy atom. The molecule has 0 radical (unpaired) electrons. The highest BCUT2D eigenvalue weighted by Crippen LogP contribution is 2.07. The lowest BCUT2D eigenvalue weighted by molar-refractivity contribution is 0.565. The van der Waals surface area contributed by atoms with Crippen molar-refractivity contribution in [2.24, 2.45) is 4.99 Å². The van der Waals surface area contributed by atoms with Crippen molar-refractivity contribution in [2.75, 3.05) is 6.26 Å². The summed E-state index contributed by atoms with van der Waals surface area (Å²) in [6.45, 7) is 0. The van der Waals surface area contributed by atoms with Crippen LogP contribution in [0.25, 0.3) is 0 Å². The van der Waals surface area contributed by atoms with Crippen LogP contribution in [0.15, 0.2) is 21.1 Å². The van der Waals surface area contributed by atoms with Crippen LogP contribution in [0, 0.1) is 0 Å². The van der Waals surface area contributed by atoms with Crippen molar-refractivity contribution < 1.29 is 4.79 Å². The predicted octanol–water partition coefficient (Wildman–Crippen LogP) is 0.459. The highest BCUT2D eigenvalue weighted by atomic mass is 32.2. The summed E-state index contributed by atoms with van der Waals surface area (Å²) in [6, 6.07) is 0. The van der Waals surface area contributed by atoms with Crippen molar-refractivity contribution in [3.05, 3.63) is 16.6 Å². The number of nitrogens with one attached hydrogen (secondary N) is 1. The fraction of sp³-hybridized carbons (Fsp3) is 0.167. The number of hydrogen-bond donors (Lipinski definition) is 1. The number of thioether (sulfide) groups is 1. The van der Waals surface area contributed by atoms with Gasteiger partial charge in [0.15, 0.2) is 10.8 Å². The van der Waals surface area contributed by atoms with E-state index < -0.39 is 5.56 Å². The maximum Gasteiger partial charge on any atom is 0.278 e. The number of aliphatic imine (C=N–C) groups is 1. The molecule has 5 nitrogen and oxygen atoms in total. The Morgan fingerprint density at radius 3 is 3.00 bits per heavy atom. The lowest BCUT2D eigenvalue weighted by Gasteiger charge is -1.93. The molecule has 6 heteroatoms. The van der Waals surface area contributed by atoms with E-state index >= 15 is 0 Å². The lowest BCUT2D eigenvalue weighted by atomic mass is 10.5. The Balaban J connectivity index is 3.21. The van der Waals surface area contributed by atoms with Crippen LogP contribution in [0.4, 0.5) is 5.69 Å². The summed E-state index contributed by atoms with van der Waals surface area (Å²) in [5.41, 5.74) is -0.458. The van der Waals surface area contributed by atoms with E-state index in [-0.39, 0.29) is 5.69 Å². The summed E-state index contributed by atoms with van der Waals surface area (Å²) in [6.07, 6.45) is 4.28. The van der Waals surface area contributed by atoms with Crippen LogP contribution >= 0.6 is 11.8 Å². The quantitative estimate of drug-likeness (QED) is 0.313. The van der Waals surface area contributed by atoms with Gasteiger partial charge in [0.1, 0.15) is 0 Å². The second-order valence-corrected chi connectivity index (χ2v) is 2.60. The van der Waals surface area contributed by atoms with Crippen LogP contribution in [0.2, 0.25) is 0 Å². The third-order valence-electron chi connectivity index (χ3n) is 1.12. The van der Waals surface area contributed by atoms with Gasteiger partial charge in [0.2, 0.25) is 6.08 Å². The highest BCUT2D eigenvalue weighted by Gasteiger charge is 1.98. The zero-order valence-electron chi connectivity index (χ0n) is 6.20. The highest BCUT2D eigenvalue weighted by molar-refractivity contribution is 7.98. The number of isocyanates is 1. The minimum Gasteiger partial charge on any atom is -0.300 e. The molecule has 0 amide bonds. The Morgan fingerprint density at radius 2 is 2.50 bits per heavy atom. The molecule has 0 aromatic carbocycles. The average Bonchev–Trinajstić information content (AvgIpc) is 2.09. The molecule has 0 fully saturated rings. The molecule has 12 heavy (non-hydrogen) atoms. The standard InChI is InChI=1S/C6H5N3O2S/c1-12-6-7-2-4(8-3-10)5(11)9-6/h2H,1H3,(H,7,9,11). The van der Waals surface area contributed by atoms with Gasteiger partial charge in [-0.05, 0) is 6.26 Å². The van der Waals surface area contributed by atoms with E-state index in [0.29, 0.717) is 5.16 Å². The Bertz CT molecular complexity index is 381. The molecule has 0 aliphatic carbocycles. The van der Waals surface area contributed by atoms with Crippen LogP contribution in [0.3, 0.4) is 0 Å². The monoisotopic (exact) mass is 183 g/mol. The first-order valence-electron chi connectivity index (χ1n) is 2.99. The fourth-order valence-electron chi connectivity index (χ4n) is 0.604. The number of nitrogens with zero attached hydrogens (tertiary/aromatic N) is 2. The average molecular weight is 183 g/mol. The van der Waals surface area contributed by atoms with Gasteiger partial charge in [-0.25, -0.2) is 9.78 Å². The molecular formula is C6H5N3O2S. The summed E-state index contributed by atoms with van der Waals surface area (Å²) in [7, 11) is 0. The van der Waals surface area contributed by atoms with E-state index in [2.05, 4.69) is 15.0 Å². The first-order chi connectivity index (χ1) is 5.77.